The van der Waals surface area contributed by atoms with Crippen LogP contribution in [-0.2, 0) is 16.0 Å². The first-order valence-electron chi connectivity index (χ1n) is 5.84. The summed E-state index contributed by atoms with van der Waals surface area (Å²) in [6.45, 7) is 1.45. The van der Waals surface area contributed by atoms with Crippen LogP contribution in [0.25, 0.3) is 0 Å². The van der Waals surface area contributed by atoms with Crippen LogP contribution in [0.3, 0.4) is 0 Å². The maximum absolute atomic E-state index is 12.1. The van der Waals surface area contributed by atoms with E-state index in [0.717, 1.165) is 23.0 Å². The standard InChI is InChI=1S/C13H15BrClNO2/c1-18-11-4-5-16(8-11)13(17)7-9-6-10(14)2-3-12(9)15/h2-3,6,11H,4-5,7-8H2,1H3/t11-/m1/s1. The largest absolute Gasteiger partial charge is 0.380 e. The average molecular weight is 333 g/mol. The summed E-state index contributed by atoms with van der Waals surface area (Å²) in [5.41, 5.74) is 0.858. The van der Waals surface area contributed by atoms with Crippen molar-refractivity contribution in [3.63, 3.8) is 0 Å². The van der Waals surface area contributed by atoms with Crippen LogP contribution in [-0.4, -0.2) is 37.1 Å². The maximum atomic E-state index is 12.1. The molecule has 2 rings (SSSR count). The van der Waals surface area contributed by atoms with Crippen LogP contribution in [0.5, 0.6) is 0 Å². The molecule has 0 aliphatic carbocycles. The van der Waals surface area contributed by atoms with Crippen molar-refractivity contribution in [2.24, 2.45) is 0 Å². The topological polar surface area (TPSA) is 29.5 Å². The summed E-state index contributed by atoms with van der Waals surface area (Å²) < 4.78 is 6.19. The van der Waals surface area contributed by atoms with Crippen molar-refractivity contribution in [2.75, 3.05) is 20.2 Å². The smallest absolute Gasteiger partial charge is 0.227 e. The Balaban J connectivity index is 2.01. The lowest BCUT2D eigenvalue weighted by Gasteiger charge is -2.16. The van der Waals surface area contributed by atoms with E-state index in [4.69, 9.17) is 16.3 Å². The highest BCUT2D eigenvalue weighted by atomic mass is 79.9. The van der Waals surface area contributed by atoms with Crippen molar-refractivity contribution in [3.8, 4) is 0 Å². The second-order valence-electron chi connectivity index (χ2n) is 4.40. The number of carbonyl (C=O) groups is 1. The molecule has 1 aromatic carbocycles. The van der Waals surface area contributed by atoms with Gasteiger partial charge in [-0.05, 0) is 30.2 Å². The lowest BCUT2D eigenvalue weighted by molar-refractivity contribution is -0.129. The number of nitrogens with zero attached hydrogens (tertiary/aromatic N) is 1. The minimum Gasteiger partial charge on any atom is -0.380 e. The van der Waals surface area contributed by atoms with E-state index in [9.17, 15) is 4.79 Å². The van der Waals surface area contributed by atoms with E-state index < -0.39 is 0 Å². The summed E-state index contributed by atoms with van der Waals surface area (Å²) in [7, 11) is 1.68. The summed E-state index contributed by atoms with van der Waals surface area (Å²) in [5.74, 6) is 0.106. The molecule has 0 N–H and O–H groups in total. The first-order chi connectivity index (χ1) is 8.60. The molecule has 1 aliphatic heterocycles. The fourth-order valence-electron chi connectivity index (χ4n) is 2.10. The van der Waals surface area contributed by atoms with E-state index in [2.05, 4.69) is 15.9 Å². The summed E-state index contributed by atoms with van der Waals surface area (Å²) in [4.78, 5) is 14.0. The first-order valence-corrected chi connectivity index (χ1v) is 7.01. The molecule has 98 valence electrons. The lowest BCUT2D eigenvalue weighted by atomic mass is 10.1. The number of carbonyl (C=O) groups excluding carboxylic acids is 1. The Morgan fingerprint density at radius 2 is 2.39 bits per heavy atom. The summed E-state index contributed by atoms with van der Waals surface area (Å²) in [6, 6.07) is 5.56. The second-order valence-corrected chi connectivity index (χ2v) is 5.72. The van der Waals surface area contributed by atoms with Gasteiger partial charge in [-0.3, -0.25) is 4.79 Å². The van der Waals surface area contributed by atoms with Crippen LogP contribution in [0.2, 0.25) is 5.02 Å². The molecule has 0 aromatic heterocycles. The van der Waals surface area contributed by atoms with Gasteiger partial charge >= 0.3 is 0 Å². The van der Waals surface area contributed by atoms with Crippen molar-refractivity contribution in [2.45, 2.75) is 18.9 Å². The van der Waals surface area contributed by atoms with Crippen LogP contribution in [0.15, 0.2) is 22.7 Å². The molecule has 18 heavy (non-hydrogen) atoms. The van der Waals surface area contributed by atoms with E-state index in [1.165, 1.54) is 0 Å². The van der Waals surface area contributed by atoms with Crippen molar-refractivity contribution in [1.82, 2.24) is 4.90 Å². The highest BCUT2D eigenvalue weighted by molar-refractivity contribution is 9.10. The number of rotatable bonds is 3. The van der Waals surface area contributed by atoms with Crippen molar-refractivity contribution in [1.29, 1.82) is 0 Å². The van der Waals surface area contributed by atoms with Gasteiger partial charge in [0.25, 0.3) is 0 Å². The number of ether oxygens (including phenoxy) is 1. The Labute approximate surface area is 120 Å². The Hall–Kier alpha value is -0.580. The van der Waals surface area contributed by atoms with E-state index in [1.54, 1.807) is 13.2 Å². The SMILES string of the molecule is CO[C@@H]1CCN(C(=O)Cc2cc(Br)ccc2Cl)C1. The zero-order valence-corrected chi connectivity index (χ0v) is 12.5. The van der Waals surface area contributed by atoms with Crippen LogP contribution >= 0.6 is 27.5 Å². The fraction of sp³-hybridized carbons (Fsp3) is 0.462. The molecule has 1 atom stereocenters. The third-order valence-electron chi connectivity index (χ3n) is 3.18. The highest BCUT2D eigenvalue weighted by Gasteiger charge is 2.26. The molecule has 3 nitrogen and oxygen atoms in total. The van der Waals surface area contributed by atoms with Gasteiger partial charge in [0.2, 0.25) is 5.91 Å². The second kappa shape index (κ2) is 6.04. The van der Waals surface area contributed by atoms with Gasteiger partial charge in [0.1, 0.15) is 0 Å². The molecule has 1 saturated heterocycles. The maximum Gasteiger partial charge on any atom is 0.227 e. The van der Waals surface area contributed by atoms with Crippen molar-refractivity contribution in [3.05, 3.63) is 33.3 Å². The van der Waals surface area contributed by atoms with Gasteiger partial charge in [-0.2, -0.15) is 0 Å². The minimum absolute atomic E-state index is 0.106. The monoisotopic (exact) mass is 331 g/mol. The Kier molecular flexibility index (Phi) is 4.65. The molecule has 0 radical (unpaired) electrons. The highest BCUT2D eigenvalue weighted by Crippen LogP contribution is 2.22. The molecule has 0 bridgehead atoms. The number of likely N-dealkylation sites (tertiary alicyclic amines) is 1. The molecular formula is C13H15BrClNO2. The number of halogens is 2. The van der Waals surface area contributed by atoms with Gasteiger partial charge in [-0.1, -0.05) is 27.5 Å². The zero-order chi connectivity index (χ0) is 13.1. The predicted molar refractivity (Wildman–Crippen MR) is 74.9 cm³/mol. The summed E-state index contributed by atoms with van der Waals surface area (Å²) in [6.07, 6.45) is 1.43. The van der Waals surface area contributed by atoms with E-state index in [0.29, 0.717) is 18.0 Å². The van der Waals surface area contributed by atoms with Crippen LogP contribution < -0.4 is 0 Å². The quantitative estimate of drug-likeness (QED) is 0.852. The van der Waals surface area contributed by atoms with Gasteiger partial charge in [-0.25, -0.2) is 0 Å². The summed E-state index contributed by atoms with van der Waals surface area (Å²) in [5, 5.41) is 0.633. The fourth-order valence-corrected chi connectivity index (χ4v) is 2.69. The van der Waals surface area contributed by atoms with Crippen LogP contribution in [0.4, 0.5) is 0 Å². The predicted octanol–water partition coefficient (Wildman–Crippen LogP) is 2.89. The normalized spacial score (nSPS) is 19.3. The van der Waals surface area contributed by atoms with Crippen molar-refractivity contribution < 1.29 is 9.53 Å². The van der Waals surface area contributed by atoms with Crippen molar-refractivity contribution >= 4 is 33.4 Å². The first kappa shape index (κ1) is 13.8. The van der Waals surface area contributed by atoms with Gasteiger partial charge in [-0.15, -0.1) is 0 Å². The van der Waals surface area contributed by atoms with Gasteiger partial charge < -0.3 is 9.64 Å². The van der Waals surface area contributed by atoms with Crippen LogP contribution in [0.1, 0.15) is 12.0 Å². The Morgan fingerprint density at radius 1 is 1.61 bits per heavy atom. The Bertz CT molecular complexity index is 453. The number of methoxy groups -OCH3 is 1. The van der Waals surface area contributed by atoms with Gasteiger partial charge in [0, 0.05) is 29.7 Å². The molecule has 5 heteroatoms. The molecule has 0 spiro atoms. The zero-order valence-electron chi connectivity index (χ0n) is 10.2. The Morgan fingerprint density at radius 3 is 3.06 bits per heavy atom. The average Bonchev–Trinajstić information content (AvgIpc) is 2.82. The van der Waals surface area contributed by atoms with E-state index in [1.807, 2.05) is 17.0 Å². The third-order valence-corrected chi connectivity index (χ3v) is 4.04. The number of hydrogen-bond donors (Lipinski definition) is 0. The number of benzene rings is 1. The molecule has 1 fully saturated rings. The molecule has 0 saturated carbocycles. The lowest BCUT2D eigenvalue weighted by Crippen LogP contribution is -2.31. The van der Waals surface area contributed by atoms with Crippen LogP contribution in [0, 0.1) is 0 Å². The molecular weight excluding hydrogens is 318 g/mol. The number of hydrogen-bond acceptors (Lipinski definition) is 2. The number of amides is 1. The third kappa shape index (κ3) is 3.25. The molecule has 0 unspecified atom stereocenters. The molecule has 1 amide bonds. The van der Waals surface area contributed by atoms with Gasteiger partial charge in [0.05, 0.1) is 12.5 Å². The molecule has 1 heterocycles. The summed E-state index contributed by atoms with van der Waals surface area (Å²) >= 11 is 9.47. The van der Waals surface area contributed by atoms with E-state index >= 15 is 0 Å². The van der Waals surface area contributed by atoms with Gasteiger partial charge in [0.15, 0.2) is 0 Å². The molecule has 1 aromatic rings. The molecule has 1 aliphatic rings. The van der Waals surface area contributed by atoms with E-state index in [-0.39, 0.29) is 12.0 Å². The minimum atomic E-state index is 0.106.